The summed E-state index contributed by atoms with van der Waals surface area (Å²) >= 11 is 0. The molecule has 2 heterocycles. The van der Waals surface area contributed by atoms with E-state index in [1.165, 1.54) is 0 Å². The van der Waals surface area contributed by atoms with Gasteiger partial charge in [-0.25, -0.2) is 4.79 Å². The van der Waals surface area contributed by atoms with Crippen molar-refractivity contribution in [3.05, 3.63) is 30.3 Å². The number of hydrogen-bond donors (Lipinski definition) is 2. The van der Waals surface area contributed by atoms with Crippen molar-refractivity contribution in [2.45, 2.75) is 20.0 Å². The second-order valence-electron chi connectivity index (χ2n) is 5.01. The van der Waals surface area contributed by atoms with E-state index >= 15 is 0 Å². The zero-order chi connectivity index (χ0) is 15.7. The van der Waals surface area contributed by atoms with Crippen molar-refractivity contribution in [2.75, 3.05) is 5.73 Å². The lowest BCUT2D eigenvalue weighted by Gasteiger charge is -2.05. The maximum absolute atomic E-state index is 11.4. The van der Waals surface area contributed by atoms with Gasteiger partial charge in [0.2, 0.25) is 0 Å². The van der Waals surface area contributed by atoms with E-state index < -0.39 is 6.16 Å². The van der Waals surface area contributed by atoms with E-state index in [-0.39, 0.29) is 12.1 Å². The molecule has 3 aromatic rings. The summed E-state index contributed by atoms with van der Waals surface area (Å²) in [6.07, 6.45) is -1.06. The number of aromatic nitrogens is 2. The van der Waals surface area contributed by atoms with Gasteiger partial charge < -0.3 is 19.6 Å². The van der Waals surface area contributed by atoms with Gasteiger partial charge in [0.1, 0.15) is 5.76 Å². The van der Waals surface area contributed by atoms with Gasteiger partial charge in [0, 0.05) is 17.0 Å². The van der Waals surface area contributed by atoms with Crippen LogP contribution in [-0.2, 0) is 4.74 Å². The molecule has 1 aromatic carbocycles. The van der Waals surface area contributed by atoms with E-state index in [0.29, 0.717) is 11.6 Å². The summed E-state index contributed by atoms with van der Waals surface area (Å²) in [6, 6.07) is 8.82. The molecule has 0 radical (unpaired) electrons. The predicted octanol–water partition coefficient (Wildman–Crippen LogP) is 3.33. The molecule has 7 heteroatoms. The van der Waals surface area contributed by atoms with Gasteiger partial charge in [-0.2, -0.15) is 5.10 Å². The molecule has 0 saturated heterocycles. The van der Waals surface area contributed by atoms with Crippen LogP contribution in [0.1, 0.15) is 13.8 Å². The second kappa shape index (κ2) is 5.44. The van der Waals surface area contributed by atoms with Gasteiger partial charge >= 0.3 is 6.16 Å². The maximum atomic E-state index is 11.4. The third-order valence-electron chi connectivity index (χ3n) is 2.97. The number of rotatable bonds is 3. The number of anilines is 1. The van der Waals surface area contributed by atoms with E-state index in [1.807, 2.05) is 18.2 Å². The minimum atomic E-state index is -0.801. The molecule has 0 fully saturated rings. The van der Waals surface area contributed by atoms with Crippen LogP contribution < -0.4 is 10.5 Å². The number of nitrogen functional groups attached to an aromatic ring is 1. The molecular formula is C15H15N3O4. The van der Waals surface area contributed by atoms with Gasteiger partial charge in [-0.1, -0.05) is 0 Å². The van der Waals surface area contributed by atoms with Crippen LogP contribution in [-0.4, -0.2) is 22.5 Å². The maximum Gasteiger partial charge on any atom is 0.516 e. The first-order valence-electron chi connectivity index (χ1n) is 6.75. The highest BCUT2D eigenvalue weighted by Crippen LogP contribution is 2.30. The van der Waals surface area contributed by atoms with Crippen molar-refractivity contribution >= 4 is 22.9 Å². The van der Waals surface area contributed by atoms with E-state index in [0.717, 1.165) is 16.5 Å². The number of benzene rings is 1. The summed E-state index contributed by atoms with van der Waals surface area (Å²) in [7, 11) is 0. The van der Waals surface area contributed by atoms with Crippen molar-refractivity contribution < 1.29 is 18.7 Å². The monoisotopic (exact) mass is 301 g/mol. The Hall–Kier alpha value is -2.96. The lowest BCUT2D eigenvalue weighted by Crippen LogP contribution is -2.15. The average Bonchev–Trinajstić information content (AvgIpc) is 3.05. The van der Waals surface area contributed by atoms with Gasteiger partial charge in [0.05, 0.1) is 11.6 Å². The summed E-state index contributed by atoms with van der Waals surface area (Å²) < 4.78 is 15.3. The Bertz CT molecular complexity index is 819. The van der Waals surface area contributed by atoms with Gasteiger partial charge in [0.15, 0.2) is 5.82 Å². The quantitative estimate of drug-likeness (QED) is 0.719. The molecule has 0 unspecified atom stereocenters. The fraction of sp³-hybridized carbons (Fsp3) is 0.200. The number of fused-ring (bicyclic) bond motifs is 1. The molecule has 0 aliphatic heterocycles. The molecular weight excluding hydrogens is 286 g/mol. The lowest BCUT2D eigenvalue weighted by atomic mass is 10.1. The molecule has 7 nitrogen and oxygen atoms in total. The molecule has 3 N–H and O–H groups in total. The summed E-state index contributed by atoms with van der Waals surface area (Å²) in [5.74, 6) is 1.04. The number of nitrogens with two attached hydrogens (primary N) is 1. The second-order valence-corrected chi connectivity index (χ2v) is 5.01. The first-order valence-corrected chi connectivity index (χ1v) is 6.75. The summed E-state index contributed by atoms with van der Waals surface area (Å²) in [4.78, 5) is 11.4. The van der Waals surface area contributed by atoms with E-state index in [9.17, 15) is 4.79 Å². The van der Waals surface area contributed by atoms with Crippen molar-refractivity contribution in [2.24, 2.45) is 0 Å². The lowest BCUT2D eigenvalue weighted by molar-refractivity contribution is 0.0659. The molecule has 22 heavy (non-hydrogen) atoms. The predicted molar refractivity (Wildman–Crippen MR) is 80.5 cm³/mol. The number of H-pyrrole nitrogens is 1. The van der Waals surface area contributed by atoms with E-state index in [2.05, 4.69) is 10.2 Å². The van der Waals surface area contributed by atoms with Crippen LogP contribution in [0.3, 0.4) is 0 Å². The molecule has 0 saturated carbocycles. The van der Waals surface area contributed by atoms with Gasteiger partial charge in [0.25, 0.3) is 5.95 Å². The zero-order valence-corrected chi connectivity index (χ0v) is 12.1. The van der Waals surface area contributed by atoms with Crippen molar-refractivity contribution in [1.82, 2.24) is 10.2 Å². The van der Waals surface area contributed by atoms with Gasteiger partial charge in [-0.05, 0) is 38.1 Å². The largest absolute Gasteiger partial charge is 0.516 e. The van der Waals surface area contributed by atoms with E-state index in [1.54, 1.807) is 26.0 Å². The normalized spacial score (nSPS) is 11.0. The Morgan fingerprint density at radius 1 is 1.32 bits per heavy atom. The van der Waals surface area contributed by atoms with Crippen LogP contribution in [0.2, 0.25) is 0 Å². The fourth-order valence-corrected chi connectivity index (χ4v) is 2.02. The van der Waals surface area contributed by atoms with Crippen LogP contribution >= 0.6 is 0 Å². The van der Waals surface area contributed by atoms with Gasteiger partial charge in [-0.15, -0.1) is 0 Å². The van der Waals surface area contributed by atoms with Crippen LogP contribution in [0.5, 0.6) is 5.95 Å². The standard InChI is InChI=1S/C15H15N3O4/c1-8(2)20-15(19)22-13-6-5-12(21-13)9-3-4-11-10(7-9)14(16)18-17-11/h3-8H,1-2H3,(H3,16,17,18). The van der Waals surface area contributed by atoms with E-state index in [4.69, 9.17) is 19.6 Å². The number of aromatic amines is 1. The zero-order valence-electron chi connectivity index (χ0n) is 12.1. The number of nitrogens with zero attached hydrogens (tertiary/aromatic N) is 1. The molecule has 114 valence electrons. The molecule has 0 atom stereocenters. The Morgan fingerprint density at radius 2 is 2.14 bits per heavy atom. The number of nitrogens with one attached hydrogen (secondary N) is 1. The minimum Gasteiger partial charge on any atom is -0.431 e. The number of ether oxygens (including phenoxy) is 2. The third kappa shape index (κ3) is 2.73. The molecule has 0 bridgehead atoms. The van der Waals surface area contributed by atoms with Crippen molar-refractivity contribution in [3.8, 4) is 17.3 Å². The number of carbonyl (C=O) groups is 1. The summed E-state index contributed by atoms with van der Waals surface area (Å²) in [5, 5.41) is 7.56. The van der Waals surface area contributed by atoms with Crippen LogP contribution in [0.15, 0.2) is 34.7 Å². The Kier molecular flexibility index (Phi) is 3.46. The minimum absolute atomic E-state index is 0.0703. The highest BCUT2D eigenvalue weighted by molar-refractivity contribution is 5.91. The smallest absolute Gasteiger partial charge is 0.431 e. The average molecular weight is 301 g/mol. The Morgan fingerprint density at radius 3 is 2.91 bits per heavy atom. The van der Waals surface area contributed by atoms with Crippen LogP contribution in [0, 0.1) is 0 Å². The SMILES string of the molecule is CC(C)OC(=O)Oc1ccc(-c2ccc3[nH]nc(N)c3c2)o1. The van der Waals surface area contributed by atoms with Crippen LogP contribution in [0.25, 0.3) is 22.2 Å². The first-order chi connectivity index (χ1) is 10.5. The topological polar surface area (TPSA) is 103 Å². The highest BCUT2D eigenvalue weighted by Gasteiger charge is 2.13. The fourth-order valence-electron chi connectivity index (χ4n) is 2.02. The Labute approximate surface area is 126 Å². The molecule has 0 spiro atoms. The third-order valence-corrected chi connectivity index (χ3v) is 2.97. The number of hydrogen-bond acceptors (Lipinski definition) is 6. The number of carbonyl (C=O) groups excluding carboxylic acids is 1. The number of furan rings is 1. The van der Waals surface area contributed by atoms with Crippen LogP contribution in [0.4, 0.5) is 10.6 Å². The van der Waals surface area contributed by atoms with Crippen molar-refractivity contribution in [3.63, 3.8) is 0 Å². The molecule has 0 aliphatic carbocycles. The summed E-state index contributed by atoms with van der Waals surface area (Å²) in [5.41, 5.74) is 7.42. The highest BCUT2D eigenvalue weighted by atomic mass is 16.8. The Balaban J connectivity index is 1.82. The molecule has 2 aromatic heterocycles. The van der Waals surface area contributed by atoms with Crippen molar-refractivity contribution in [1.29, 1.82) is 0 Å². The van der Waals surface area contributed by atoms with Gasteiger partial charge in [-0.3, -0.25) is 5.10 Å². The summed E-state index contributed by atoms with van der Waals surface area (Å²) in [6.45, 7) is 3.47. The molecule has 3 rings (SSSR count). The first kappa shape index (κ1) is 14.0. The molecule has 0 aliphatic rings. The molecule has 0 amide bonds.